The third kappa shape index (κ3) is 3.04. The first-order valence-corrected chi connectivity index (χ1v) is 9.93. The van der Waals surface area contributed by atoms with E-state index in [4.69, 9.17) is 4.98 Å². The minimum Gasteiger partial charge on any atom is -0.340 e. The largest absolute Gasteiger partial charge is 0.340 e. The number of amides is 2. The van der Waals surface area contributed by atoms with E-state index in [1.165, 1.54) is 4.70 Å². The summed E-state index contributed by atoms with van der Waals surface area (Å²) in [6, 6.07) is 16.0. The van der Waals surface area contributed by atoms with Crippen LogP contribution in [0.25, 0.3) is 21.3 Å². The highest BCUT2D eigenvalue weighted by Gasteiger charge is 2.32. The number of nitrogens with one attached hydrogen (secondary N) is 2. The predicted molar refractivity (Wildman–Crippen MR) is 107 cm³/mol. The smallest absolute Gasteiger partial charge is 0.318 e. The van der Waals surface area contributed by atoms with E-state index in [-0.39, 0.29) is 12.1 Å². The van der Waals surface area contributed by atoms with Crippen LogP contribution in [0.5, 0.6) is 0 Å². The lowest BCUT2D eigenvalue weighted by molar-refractivity contribution is 0.192. The number of rotatable bonds is 3. The summed E-state index contributed by atoms with van der Waals surface area (Å²) >= 11 is 1.68. The van der Waals surface area contributed by atoms with Gasteiger partial charge in [-0.05, 0) is 37.1 Å². The van der Waals surface area contributed by atoms with Gasteiger partial charge in [-0.1, -0.05) is 24.3 Å². The van der Waals surface area contributed by atoms with Crippen molar-refractivity contribution in [1.82, 2.24) is 25.2 Å². The summed E-state index contributed by atoms with van der Waals surface area (Å²) in [6.07, 6.45) is 1.95. The van der Waals surface area contributed by atoms with Gasteiger partial charge in [0.2, 0.25) is 0 Å². The molecule has 3 heterocycles. The van der Waals surface area contributed by atoms with Gasteiger partial charge in [-0.3, -0.25) is 0 Å². The van der Waals surface area contributed by atoms with E-state index < -0.39 is 0 Å². The number of thiazole rings is 1. The number of imidazole rings is 1. The summed E-state index contributed by atoms with van der Waals surface area (Å²) in [5.74, 6) is 0.764. The minimum atomic E-state index is -0.0581. The Morgan fingerprint density at radius 2 is 1.96 bits per heavy atom. The number of carbonyl (C=O) groups is 1. The zero-order valence-corrected chi connectivity index (χ0v) is 15.5. The van der Waals surface area contributed by atoms with Crippen LogP contribution in [0, 0.1) is 0 Å². The first kappa shape index (κ1) is 16.3. The number of H-pyrrole nitrogens is 1. The average Bonchev–Trinajstić information content (AvgIpc) is 3.42. The number of benzene rings is 2. The Balaban J connectivity index is 1.31. The maximum Gasteiger partial charge on any atom is 0.318 e. The van der Waals surface area contributed by atoms with Crippen molar-refractivity contribution in [3.05, 3.63) is 59.4 Å². The maximum atomic E-state index is 12.8. The van der Waals surface area contributed by atoms with Gasteiger partial charge in [0.15, 0.2) is 0 Å². The molecule has 27 heavy (non-hydrogen) atoms. The highest BCUT2D eigenvalue weighted by Crippen LogP contribution is 2.36. The van der Waals surface area contributed by atoms with Crippen molar-refractivity contribution in [2.75, 3.05) is 6.54 Å². The minimum absolute atomic E-state index is 0.0538. The highest BCUT2D eigenvalue weighted by molar-refractivity contribution is 7.18. The van der Waals surface area contributed by atoms with E-state index in [9.17, 15) is 4.79 Å². The van der Waals surface area contributed by atoms with Gasteiger partial charge in [0.1, 0.15) is 10.8 Å². The first-order valence-electron chi connectivity index (χ1n) is 9.11. The normalized spacial score (nSPS) is 17.0. The van der Waals surface area contributed by atoms with Crippen molar-refractivity contribution in [2.45, 2.75) is 25.4 Å². The molecule has 1 unspecified atom stereocenters. The van der Waals surface area contributed by atoms with Gasteiger partial charge in [0.25, 0.3) is 0 Å². The molecule has 1 aliphatic rings. The molecule has 4 aromatic rings. The molecule has 1 aliphatic heterocycles. The van der Waals surface area contributed by atoms with Crippen molar-refractivity contribution in [3.63, 3.8) is 0 Å². The van der Waals surface area contributed by atoms with Crippen LogP contribution in [0.3, 0.4) is 0 Å². The van der Waals surface area contributed by atoms with Crippen molar-refractivity contribution >= 4 is 38.6 Å². The summed E-state index contributed by atoms with van der Waals surface area (Å²) in [4.78, 5) is 27.2. The quantitative estimate of drug-likeness (QED) is 0.561. The summed E-state index contributed by atoms with van der Waals surface area (Å²) in [5, 5.41) is 4.03. The third-order valence-electron chi connectivity index (χ3n) is 4.95. The number of nitrogens with zero attached hydrogens (tertiary/aromatic N) is 3. The lowest BCUT2D eigenvalue weighted by Gasteiger charge is -2.23. The number of hydrogen-bond acceptors (Lipinski definition) is 4. The van der Waals surface area contributed by atoms with Crippen molar-refractivity contribution < 1.29 is 4.79 Å². The SMILES string of the molecule is O=C(NCc1nc2ccccc2[nH]1)N1CCCC1c1nc2ccccc2s1. The number of urea groups is 1. The standard InChI is InChI=1S/C20H19N5OS/c26-20(21-12-18-22-13-6-1-2-7-14(13)23-18)25-11-5-9-16(25)19-24-15-8-3-4-10-17(15)27-19/h1-4,6-8,10,16H,5,9,11-12H2,(H,21,26)(H,22,23). The fourth-order valence-corrected chi connectivity index (χ4v) is 4.76. The Morgan fingerprint density at radius 3 is 2.81 bits per heavy atom. The van der Waals surface area contributed by atoms with Crippen LogP contribution >= 0.6 is 11.3 Å². The summed E-state index contributed by atoms with van der Waals surface area (Å²) in [6.45, 7) is 1.14. The zero-order valence-electron chi connectivity index (χ0n) is 14.7. The average molecular weight is 377 g/mol. The monoisotopic (exact) mass is 377 g/mol. The number of fused-ring (bicyclic) bond motifs is 2. The molecule has 2 N–H and O–H groups in total. The first-order chi connectivity index (χ1) is 13.3. The molecule has 0 bridgehead atoms. The number of aromatic nitrogens is 3. The van der Waals surface area contributed by atoms with Gasteiger partial charge in [-0.25, -0.2) is 14.8 Å². The molecule has 2 amide bonds. The van der Waals surface area contributed by atoms with E-state index in [1.807, 2.05) is 47.4 Å². The molecule has 1 atom stereocenters. The fourth-order valence-electron chi connectivity index (χ4n) is 3.65. The van der Waals surface area contributed by atoms with E-state index in [0.717, 1.165) is 46.8 Å². The Labute approximate surface area is 160 Å². The van der Waals surface area contributed by atoms with E-state index in [2.05, 4.69) is 21.4 Å². The second-order valence-corrected chi connectivity index (χ2v) is 7.79. The Bertz CT molecular complexity index is 1050. The van der Waals surface area contributed by atoms with Gasteiger partial charge in [0, 0.05) is 6.54 Å². The molecule has 1 fully saturated rings. The molecular weight excluding hydrogens is 358 g/mol. The van der Waals surface area contributed by atoms with Crippen LogP contribution in [-0.2, 0) is 6.54 Å². The number of para-hydroxylation sites is 3. The van der Waals surface area contributed by atoms with Crippen LogP contribution in [0.1, 0.15) is 29.7 Å². The second-order valence-electron chi connectivity index (χ2n) is 6.73. The lowest BCUT2D eigenvalue weighted by Crippen LogP contribution is -2.39. The maximum absolute atomic E-state index is 12.8. The van der Waals surface area contributed by atoms with Gasteiger partial charge in [-0.15, -0.1) is 11.3 Å². The van der Waals surface area contributed by atoms with Crippen LogP contribution in [0.15, 0.2) is 48.5 Å². The molecule has 0 aliphatic carbocycles. The second kappa shape index (κ2) is 6.66. The number of likely N-dealkylation sites (tertiary alicyclic amines) is 1. The predicted octanol–water partition coefficient (Wildman–Crippen LogP) is 4.22. The number of hydrogen-bond donors (Lipinski definition) is 2. The van der Waals surface area contributed by atoms with Gasteiger partial charge in [-0.2, -0.15) is 0 Å². The molecule has 0 spiro atoms. The Morgan fingerprint density at radius 1 is 1.15 bits per heavy atom. The van der Waals surface area contributed by atoms with Gasteiger partial charge < -0.3 is 15.2 Å². The van der Waals surface area contributed by atoms with Crippen molar-refractivity contribution in [1.29, 1.82) is 0 Å². The lowest BCUT2D eigenvalue weighted by atomic mass is 10.2. The van der Waals surface area contributed by atoms with Gasteiger partial charge >= 0.3 is 6.03 Å². The molecule has 2 aromatic carbocycles. The molecular formula is C20H19N5OS. The van der Waals surface area contributed by atoms with Gasteiger partial charge in [0.05, 0.1) is 33.8 Å². The van der Waals surface area contributed by atoms with E-state index in [1.54, 1.807) is 11.3 Å². The van der Waals surface area contributed by atoms with E-state index >= 15 is 0 Å². The van der Waals surface area contributed by atoms with Crippen LogP contribution in [0.2, 0.25) is 0 Å². The topological polar surface area (TPSA) is 73.9 Å². The van der Waals surface area contributed by atoms with Crippen LogP contribution in [-0.4, -0.2) is 32.4 Å². The number of aromatic amines is 1. The van der Waals surface area contributed by atoms with E-state index in [0.29, 0.717) is 6.54 Å². The fraction of sp³-hybridized carbons (Fsp3) is 0.250. The van der Waals surface area contributed by atoms with Crippen molar-refractivity contribution in [3.8, 4) is 0 Å². The zero-order chi connectivity index (χ0) is 18.2. The summed E-state index contributed by atoms with van der Waals surface area (Å²) in [5.41, 5.74) is 2.90. The molecule has 5 rings (SSSR count). The molecule has 136 valence electrons. The molecule has 2 aromatic heterocycles. The summed E-state index contributed by atoms with van der Waals surface area (Å²) in [7, 11) is 0. The highest BCUT2D eigenvalue weighted by atomic mass is 32.1. The molecule has 1 saturated heterocycles. The number of carbonyl (C=O) groups excluding carboxylic acids is 1. The molecule has 0 radical (unpaired) electrons. The summed E-state index contributed by atoms with van der Waals surface area (Å²) < 4.78 is 1.17. The molecule has 6 nitrogen and oxygen atoms in total. The molecule has 7 heteroatoms. The van der Waals surface area contributed by atoms with Crippen molar-refractivity contribution in [2.24, 2.45) is 0 Å². The molecule has 0 saturated carbocycles. The third-order valence-corrected chi connectivity index (χ3v) is 6.09. The Kier molecular flexibility index (Phi) is 4.01. The Hall–Kier alpha value is -2.93. The van der Waals surface area contributed by atoms with Crippen LogP contribution in [0.4, 0.5) is 4.79 Å². The van der Waals surface area contributed by atoms with Crippen LogP contribution < -0.4 is 5.32 Å².